The highest BCUT2D eigenvalue weighted by Crippen LogP contribution is 2.40. The highest BCUT2D eigenvalue weighted by atomic mass is 19.1. The first-order chi connectivity index (χ1) is 12.5. The number of Topliss-reactive ketones (excluding diaryl/α,β-unsaturated/α-hetero) is 1. The molecular formula is C19H17FN2O4. The van der Waals surface area contributed by atoms with E-state index >= 15 is 0 Å². The molecular weight excluding hydrogens is 339 g/mol. The van der Waals surface area contributed by atoms with E-state index in [1.54, 1.807) is 24.3 Å². The molecule has 4 rings (SSSR count). The zero-order chi connectivity index (χ0) is 18.3. The summed E-state index contributed by atoms with van der Waals surface area (Å²) >= 11 is 0. The lowest BCUT2D eigenvalue weighted by molar-refractivity contribution is -0.114. The molecule has 134 valence electrons. The van der Waals surface area contributed by atoms with Crippen molar-refractivity contribution in [2.45, 2.75) is 6.54 Å². The SMILES string of the molecule is CN(Cc1ccc(F)cc1)CN1C(=O)C(=O)c2cc3c(cc21)OCCO3. The molecule has 2 aromatic rings. The number of ketones is 1. The van der Waals surface area contributed by atoms with Gasteiger partial charge in [-0.1, -0.05) is 12.1 Å². The summed E-state index contributed by atoms with van der Waals surface area (Å²) in [6.07, 6.45) is 0. The largest absolute Gasteiger partial charge is 0.486 e. The van der Waals surface area contributed by atoms with Crippen LogP contribution in [0.2, 0.25) is 0 Å². The van der Waals surface area contributed by atoms with Gasteiger partial charge in [0.15, 0.2) is 11.5 Å². The van der Waals surface area contributed by atoms with Gasteiger partial charge in [-0.3, -0.25) is 19.4 Å². The van der Waals surface area contributed by atoms with Crippen molar-refractivity contribution in [2.24, 2.45) is 0 Å². The van der Waals surface area contributed by atoms with Crippen molar-refractivity contribution < 1.29 is 23.5 Å². The lowest BCUT2D eigenvalue weighted by Gasteiger charge is -2.25. The molecule has 0 fully saturated rings. The molecule has 0 bridgehead atoms. The number of fused-ring (bicyclic) bond motifs is 2. The molecule has 0 radical (unpaired) electrons. The van der Waals surface area contributed by atoms with Crippen LogP contribution < -0.4 is 14.4 Å². The molecule has 0 saturated heterocycles. The summed E-state index contributed by atoms with van der Waals surface area (Å²) in [6, 6.07) is 9.43. The molecule has 0 saturated carbocycles. The maximum absolute atomic E-state index is 13.0. The number of halogens is 1. The topological polar surface area (TPSA) is 59.1 Å². The molecule has 6 nitrogen and oxygen atoms in total. The number of benzene rings is 2. The second kappa shape index (κ2) is 6.42. The summed E-state index contributed by atoms with van der Waals surface area (Å²) in [5.74, 6) is -0.403. The van der Waals surface area contributed by atoms with Crippen molar-refractivity contribution in [1.29, 1.82) is 0 Å². The van der Waals surface area contributed by atoms with E-state index in [0.717, 1.165) is 5.56 Å². The third-order valence-electron chi connectivity index (χ3n) is 4.38. The fourth-order valence-electron chi connectivity index (χ4n) is 3.16. The summed E-state index contributed by atoms with van der Waals surface area (Å²) in [4.78, 5) is 28.1. The standard InChI is InChI=1S/C19H17FN2O4/c1-21(10-12-2-4-13(20)5-3-12)11-22-15-9-17-16(25-6-7-26-17)8-14(15)18(23)19(22)24/h2-5,8-9H,6-7,10-11H2,1H3. The second-order valence-corrected chi connectivity index (χ2v) is 6.36. The van der Waals surface area contributed by atoms with Crippen molar-refractivity contribution in [3.63, 3.8) is 0 Å². The minimum Gasteiger partial charge on any atom is -0.486 e. The Balaban J connectivity index is 1.56. The van der Waals surface area contributed by atoms with E-state index in [2.05, 4.69) is 0 Å². The van der Waals surface area contributed by atoms with E-state index in [4.69, 9.17) is 9.47 Å². The van der Waals surface area contributed by atoms with Crippen LogP contribution in [0.5, 0.6) is 11.5 Å². The number of hydrogen-bond donors (Lipinski definition) is 0. The van der Waals surface area contributed by atoms with Gasteiger partial charge in [0.05, 0.1) is 17.9 Å². The number of amides is 1. The minimum absolute atomic E-state index is 0.231. The third kappa shape index (κ3) is 2.90. The van der Waals surface area contributed by atoms with Crippen LogP contribution in [-0.4, -0.2) is 43.5 Å². The van der Waals surface area contributed by atoms with Gasteiger partial charge in [0, 0.05) is 12.6 Å². The van der Waals surface area contributed by atoms with E-state index < -0.39 is 11.7 Å². The van der Waals surface area contributed by atoms with Crippen molar-refractivity contribution in [1.82, 2.24) is 4.90 Å². The predicted octanol–water partition coefficient (Wildman–Crippen LogP) is 2.22. The molecule has 0 unspecified atom stereocenters. The Morgan fingerprint density at radius 3 is 2.42 bits per heavy atom. The molecule has 0 aromatic heterocycles. The summed E-state index contributed by atoms with van der Waals surface area (Å²) in [6.45, 7) is 1.59. The average Bonchev–Trinajstić information content (AvgIpc) is 2.86. The first kappa shape index (κ1) is 16.5. The number of hydrogen-bond acceptors (Lipinski definition) is 5. The Labute approximate surface area is 149 Å². The van der Waals surface area contributed by atoms with Gasteiger partial charge in [0.25, 0.3) is 5.78 Å². The van der Waals surface area contributed by atoms with Crippen molar-refractivity contribution in [3.05, 3.63) is 53.3 Å². The number of ether oxygens (including phenoxy) is 2. The molecule has 0 aliphatic carbocycles. The molecule has 2 aliphatic rings. The van der Waals surface area contributed by atoms with Crippen LogP contribution in [0.1, 0.15) is 15.9 Å². The zero-order valence-corrected chi connectivity index (χ0v) is 14.2. The highest BCUT2D eigenvalue weighted by molar-refractivity contribution is 6.52. The maximum Gasteiger partial charge on any atom is 0.300 e. The lowest BCUT2D eigenvalue weighted by atomic mass is 10.1. The van der Waals surface area contributed by atoms with E-state index in [-0.39, 0.29) is 12.5 Å². The quantitative estimate of drug-likeness (QED) is 0.786. The van der Waals surface area contributed by atoms with Gasteiger partial charge >= 0.3 is 5.91 Å². The fourth-order valence-corrected chi connectivity index (χ4v) is 3.16. The number of carbonyl (C=O) groups is 2. The van der Waals surface area contributed by atoms with Gasteiger partial charge in [-0.05, 0) is 30.8 Å². The van der Waals surface area contributed by atoms with Crippen LogP contribution in [0.15, 0.2) is 36.4 Å². The fraction of sp³-hybridized carbons (Fsp3) is 0.263. The van der Waals surface area contributed by atoms with Gasteiger partial charge in [-0.15, -0.1) is 0 Å². The molecule has 0 spiro atoms. The average molecular weight is 356 g/mol. The van der Waals surface area contributed by atoms with E-state index in [0.29, 0.717) is 42.5 Å². The summed E-state index contributed by atoms with van der Waals surface area (Å²) in [5.41, 5.74) is 1.76. The monoisotopic (exact) mass is 356 g/mol. The lowest BCUT2D eigenvalue weighted by Crippen LogP contribution is -2.38. The molecule has 1 amide bonds. The predicted molar refractivity (Wildman–Crippen MR) is 92.0 cm³/mol. The van der Waals surface area contributed by atoms with E-state index in [9.17, 15) is 14.0 Å². The van der Waals surface area contributed by atoms with Crippen LogP contribution in [0.25, 0.3) is 0 Å². The van der Waals surface area contributed by atoms with E-state index in [1.165, 1.54) is 17.0 Å². The van der Waals surface area contributed by atoms with Crippen LogP contribution in [0.4, 0.5) is 10.1 Å². The van der Waals surface area contributed by atoms with Crippen LogP contribution in [0, 0.1) is 5.82 Å². The van der Waals surface area contributed by atoms with Crippen LogP contribution in [-0.2, 0) is 11.3 Å². The molecule has 0 N–H and O–H groups in total. The Morgan fingerprint density at radius 2 is 1.73 bits per heavy atom. The minimum atomic E-state index is -0.576. The molecule has 2 aliphatic heterocycles. The second-order valence-electron chi connectivity index (χ2n) is 6.36. The smallest absolute Gasteiger partial charge is 0.300 e. The molecule has 2 heterocycles. The van der Waals surface area contributed by atoms with Crippen molar-refractivity contribution in [3.8, 4) is 11.5 Å². The first-order valence-corrected chi connectivity index (χ1v) is 8.26. The molecule has 26 heavy (non-hydrogen) atoms. The van der Waals surface area contributed by atoms with Gasteiger partial charge in [-0.25, -0.2) is 4.39 Å². The number of rotatable bonds is 4. The Morgan fingerprint density at radius 1 is 1.08 bits per heavy atom. The zero-order valence-electron chi connectivity index (χ0n) is 14.2. The van der Waals surface area contributed by atoms with Gasteiger partial charge in [0.2, 0.25) is 0 Å². The number of nitrogens with zero attached hydrogens (tertiary/aromatic N) is 2. The van der Waals surface area contributed by atoms with Gasteiger partial charge in [0.1, 0.15) is 19.0 Å². The Kier molecular flexibility index (Phi) is 4.08. The first-order valence-electron chi connectivity index (χ1n) is 8.26. The van der Waals surface area contributed by atoms with Gasteiger partial charge < -0.3 is 9.47 Å². The Bertz CT molecular complexity index is 882. The Hall–Kier alpha value is -2.93. The summed E-state index contributed by atoms with van der Waals surface area (Å²) < 4.78 is 24.1. The normalized spacial score (nSPS) is 15.6. The van der Waals surface area contributed by atoms with Crippen molar-refractivity contribution >= 4 is 17.4 Å². The molecule has 0 atom stereocenters. The summed E-state index contributed by atoms with van der Waals surface area (Å²) in [7, 11) is 1.83. The van der Waals surface area contributed by atoms with E-state index in [1.807, 2.05) is 11.9 Å². The molecule has 7 heteroatoms. The van der Waals surface area contributed by atoms with Crippen LogP contribution >= 0.6 is 0 Å². The number of carbonyl (C=O) groups excluding carboxylic acids is 2. The van der Waals surface area contributed by atoms with Gasteiger partial charge in [-0.2, -0.15) is 0 Å². The maximum atomic E-state index is 13.0. The highest BCUT2D eigenvalue weighted by Gasteiger charge is 2.38. The summed E-state index contributed by atoms with van der Waals surface area (Å²) in [5, 5.41) is 0. The van der Waals surface area contributed by atoms with Crippen molar-refractivity contribution in [2.75, 3.05) is 31.8 Å². The third-order valence-corrected chi connectivity index (χ3v) is 4.38. The number of anilines is 1. The molecule has 2 aromatic carbocycles. The van der Waals surface area contributed by atoms with Crippen LogP contribution in [0.3, 0.4) is 0 Å².